The Hall–Kier alpha value is -0.600. The van der Waals surface area contributed by atoms with E-state index in [0.717, 1.165) is 38.5 Å². The van der Waals surface area contributed by atoms with Gasteiger partial charge in [-0.2, -0.15) is 0 Å². The first-order valence-corrected chi connectivity index (χ1v) is 9.10. The van der Waals surface area contributed by atoms with Gasteiger partial charge in [-0.15, -0.1) is 24.8 Å². The number of ether oxygens (including phenoxy) is 2. The van der Waals surface area contributed by atoms with Crippen LogP contribution in [0.4, 0.5) is 0 Å². The second-order valence-corrected chi connectivity index (χ2v) is 6.69. The Balaban J connectivity index is 0.00000338. The first-order chi connectivity index (χ1) is 12.1. The molecule has 0 aliphatic carbocycles. The van der Waals surface area contributed by atoms with Crippen LogP contribution in [0.15, 0.2) is 18.2 Å². The summed E-state index contributed by atoms with van der Waals surface area (Å²) < 4.78 is 11.2. The molecule has 0 radical (unpaired) electrons. The number of rotatable bonds is 10. The van der Waals surface area contributed by atoms with Crippen LogP contribution in [0.2, 0.25) is 0 Å². The molecular formula is C19H34Cl2N2O4. The van der Waals surface area contributed by atoms with Crippen LogP contribution in [0.5, 0.6) is 5.75 Å². The molecule has 6 nitrogen and oxygen atoms in total. The third kappa shape index (κ3) is 9.94. The van der Waals surface area contributed by atoms with Crippen LogP contribution in [-0.2, 0) is 4.74 Å². The second-order valence-electron chi connectivity index (χ2n) is 6.69. The Labute approximate surface area is 175 Å². The topological polar surface area (TPSA) is 65.4 Å². The number of halogens is 2. The Morgan fingerprint density at radius 1 is 1.00 bits per heavy atom. The highest BCUT2D eigenvalue weighted by Crippen LogP contribution is 2.16. The van der Waals surface area contributed by atoms with E-state index in [-0.39, 0.29) is 31.4 Å². The van der Waals surface area contributed by atoms with Crippen molar-refractivity contribution in [2.24, 2.45) is 0 Å². The zero-order valence-corrected chi connectivity index (χ0v) is 17.9. The van der Waals surface area contributed by atoms with Gasteiger partial charge in [-0.05, 0) is 37.1 Å². The van der Waals surface area contributed by atoms with Crippen LogP contribution in [0.1, 0.15) is 11.1 Å². The fraction of sp³-hybridized carbons (Fsp3) is 0.684. The van der Waals surface area contributed by atoms with E-state index in [2.05, 4.69) is 29.7 Å². The highest BCUT2D eigenvalue weighted by molar-refractivity contribution is 5.85. The van der Waals surface area contributed by atoms with Crippen molar-refractivity contribution in [1.82, 2.24) is 9.80 Å². The lowest BCUT2D eigenvalue weighted by atomic mass is 10.1. The number of hydrogen-bond donors (Lipinski definition) is 2. The third-order valence-electron chi connectivity index (χ3n) is 4.64. The van der Waals surface area contributed by atoms with Gasteiger partial charge in [0.1, 0.15) is 12.4 Å². The molecule has 27 heavy (non-hydrogen) atoms. The summed E-state index contributed by atoms with van der Waals surface area (Å²) in [5, 5.41) is 19.0. The Morgan fingerprint density at radius 3 is 2.30 bits per heavy atom. The standard InChI is InChI=1S/C19H32N2O4.2ClH/c1-16-3-4-19(13-17(16)2)25-12-11-24-15-18(23)14-21-7-5-20(6-8-21)9-10-22;;/h3-4,13,18,22-23H,5-12,14-15H2,1-2H3;2*1H. The molecule has 0 bridgehead atoms. The van der Waals surface area contributed by atoms with E-state index in [1.165, 1.54) is 11.1 Å². The lowest BCUT2D eigenvalue weighted by Crippen LogP contribution is -2.49. The van der Waals surface area contributed by atoms with E-state index in [9.17, 15) is 5.11 Å². The number of aliphatic hydroxyl groups excluding tert-OH is 2. The van der Waals surface area contributed by atoms with Crippen molar-refractivity contribution in [3.8, 4) is 5.75 Å². The second kappa shape index (κ2) is 14.4. The molecule has 1 atom stereocenters. The van der Waals surface area contributed by atoms with E-state index in [4.69, 9.17) is 14.6 Å². The summed E-state index contributed by atoms with van der Waals surface area (Å²) in [6, 6.07) is 6.05. The number of nitrogens with zero attached hydrogens (tertiary/aromatic N) is 2. The fourth-order valence-electron chi connectivity index (χ4n) is 2.93. The maximum Gasteiger partial charge on any atom is 0.119 e. The zero-order valence-electron chi connectivity index (χ0n) is 16.3. The van der Waals surface area contributed by atoms with E-state index >= 15 is 0 Å². The molecular weight excluding hydrogens is 391 g/mol. The molecule has 1 aromatic carbocycles. The van der Waals surface area contributed by atoms with Gasteiger partial charge < -0.3 is 19.7 Å². The lowest BCUT2D eigenvalue weighted by molar-refractivity contribution is -0.000766. The summed E-state index contributed by atoms with van der Waals surface area (Å²) >= 11 is 0. The Morgan fingerprint density at radius 2 is 1.67 bits per heavy atom. The van der Waals surface area contributed by atoms with Gasteiger partial charge in [0.25, 0.3) is 0 Å². The van der Waals surface area contributed by atoms with Crippen molar-refractivity contribution in [2.45, 2.75) is 20.0 Å². The van der Waals surface area contributed by atoms with Crippen LogP contribution in [-0.4, -0.2) is 91.8 Å². The van der Waals surface area contributed by atoms with Crippen LogP contribution >= 0.6 is 24.8 Å². The summed E-state index contributed by atoms with van der Waals surface area (Å²) in [5.74, 6) is 0.855. The number of aliphatic hydroxyl groups is 2. The minimum Gasteiger partial charge on any atom is -0.491 e. The number of aryl methyl sites for hydroxylation is 2. The van der Waals surface area contributed by atoms with Crippen LogP contribution < -0.4 is 4.74 Å². The molecule has 2 rings (SSSR count). The van der Waals surface area contributed by atoms with E-state index in [1.807, 2.05) is 12.1 Å². The van der Waals surface area contributed by atoms with Crippen LogP contribution in [0, 0.1) is 13.8 Å². The van der Waals surface area contributed by atoms with Crippen molar-refractivity contribution < 1.29 is 19.7 Å². The molecule has 1 heterocycles. The minimum atomic E-state index is -0.481. The zero-order chi connectivity index (χ0) is 18.1. The molecule has 1 aliphatic heterocycles. The summed E-state index contributed by atoms with van der Waals surface area (Å²) in [6.07, 6.45) is -0.481. The van der Waals surface area contributed by atoms with Gasteiger partial charge in [-0.1, -0.05) is 6.07 Å². The molecule has 0 amide bonds. The van der Waals surface area contributed by atoms with Gasteiger partial charge in [0.05, 0.1) is 25.9 Å². The summed E-state index contributed by atoms with van der Waals surface area (Å²) in [4.78, 5) is 4.48. The molecule has 8 heteroatoms. The van der Waals surface area contributed by atoms with Gasteiger partial charge >= 0.3 is 0 Å². The van der Waals surface area contributed by atoms with Crippen molar-refractivity contribution >= 4 is 24.8 Å². The smallest absolute Gasteiger partial charge is 0.119 e. The normalized spacial score (nSPS) is 16.3. The first-order valence-electron chi connectivity index (χ1n) is 9.10. The van der Waals surface area contributed by atoms with Crippen molar-refractivity contribution in [1.29, 1.82) is 0 Å². The van der Waals surface area contributed by atoms with Gasteiger partial charge in [-0.3, -0.25) is 9.80 Å². The highest BCUT2D eigenvalue weighted by Gasteiger charge is 2.18. The molecule has 0 spiro atoms. The summed E-state index contributed by atoms with van der Waals surface area (Å²) in [7, 11) is 0. The summed E-state index contributed by atoms with van der Waals surface area (Å²) in [5.41, 5.74) is 2.47. The number of β-amino-alcohol motifs (C(OH)–C–C–N with tert-alkyl or cyclic N) is 2. The average Bonchev–Trinajstić information content (AvgIpc) is 2.60. The SMILES string of the molecule is Cc1ccc(OCCOCC(O)CN2CCN(CCO)CC2)cc1C.Cl.Cl. The minimum absolute atomic E-state index is 0. The largest absolute Gasteiger partial charge is 0.491 e. The number of benzene rings is 1. The number of hydrogen-bond acceptors (Lipinski definition) is 6. The van der Waals surface area contributed by atoms with E-state index in [1.54, 1.807) is 0 Å². The first kappa shape index (κ1) is 26.4. The summed E-state index contributed by atoms with van der Waals surface area (Å²) in [6.45, 7) is 10.7. The monoisotopic (exact) mass is 424 g/mol. The maximum atomic E-state index is 10.1. The fourth-order valence-corrected chi connectivity index (χ4v) is 2.93. The van der Waals surface area contributed by atoms with Crippen molar-refractivity contribution in [2.75, 3.05) is 65.7 Å². The van der Waals surface area contributed by atoms with E-state index < -0.39 is 6.10 Å². The van der Waals surface area contributed by atoms with Gasteiger partial charge in [-0.25, -0.2) is 0 Å². The van der Waals surface area contributed by atoms with Gasteiger partial charge in [0, 0.05) is 39.3 Å². The lowest BCUT2D eigenvalue weighted by Gasteiger charge is -2.35. The van der Waals surface area contributed by atoms with Crippen molar-refractivity contribution in [3.05, 3.63) is 29.3 Å². The third-order valence-corrected chi connectivity index (χ3v) is 4.64. The average molecular weight is 425 g/mol. The van der Waals surface area contributed by atoms with Crippen LogP contribution in [0.3, 0.4) is 0 Å². The molecule has 2 N–H and O–H groups in total. The molecule has 0 aromatic heterocycles. The quantitative estimate of drug-likeness (QED) is 0.555. The Bertz CT molecular complexity index is 514. The molecule has 1 unspecified atom stereocenters. The Kier molecular flexibility index (Phi) is 14.1. The number of piperazine rings is 1. The molecule has 1 aliphatic rings. The van der Waals surface area contributed by atoms with Crippen LogP contribution in [0.25, 0.3) is 0 Å². The predicted octanol–water partition coefficient (Wildman–Crippen LogP) is 1.51. The van der Waals surface area contributed by atoms with Crippen molar-refractivity contribution in [3.63, 3.8) is 0 Å². The highest BCUT2D eigenvalue weighted by atomic mass is 35.5. The van der Waals surface area contributed by atoms with Gasteiger partial charge in [0.15, 0.2) is 0 Å². The molecule has 1 saturated heterocycles. The molecule has 158 valence electrons. The molecule has 1 fully saturated rings. The van der Waals surface area contributed by atoms with E-state index in [0.29, 0.717) is 26.4 Å². The maximum absolute atomic E-state index is 10.1. The van der Waals surface area contributed by atoms with Gasteiger partial charge in [0.2, 0.25) is 0 Å². The predicted molar refractivity (Wildman–Crippen MR) is 113 cm³/mol. The molecule has 0 saturated carbocycles. The molecule has 1 aromatic rings.